The molecule has 0 unspecified atom stereocenters. The molecule has 2 aromatic carbocycles. The summed E-state index contributed by atoms with van der Waals surface area (Å²) in [5.74, 6) is -4.22. The predicted molar refractivity (Wildman–Crippen MR) is 137 cm³/mol. The number of ether oxygens (including phenoxy) is 2. The van der Waals surface area contributed by atoms with E-state index in [9.17, 15) is 26.4 Å². The Balaban J connectivity index is 0.000000220. The van der Waals surface area contributed by atoms with Crippen LogP contribution in [0.3, 0.4) is 0 Å². The van der Waals surface area contributed by atoms with E-state index in [1.54, 1.807) is 30.3 Å². The van der Waals surface area contributed by atoms with Gasteiger partial charge in [0.05, 0.1) is 26.0 Å². The molecule has 37 heavy (non-hydrogen) atoms. The second-order valence-electron chi connectivity index (χ2n) is 8.46. The van der Waals surface area contributed by atoms with Crippen LogP contribution in [-0.4, -0.2) is 58.3 Å². The monoisotopic (exact) mass is 566 g/mol. The van der Waals surface area contributed by atoms with Crippen molar-refractivity contribution in [3.63, 3.8) is 0 Å². The Hall–Kier alpha value is -3.35. The van der Waals surface area contributed by atoms with Crippen LogP contribution < -0.4 is 0 Å². The number of sulfone groups is 2. The second kappa shape index (κ2) is 10.6. The number of esters is 2. The first-order valence-corrected chi connectivity index (χ1v) is 14.8. The maximum Gasteiger partial charge on any atom is 0.329 e. The van der Waals surface area contributed by atoms with Gasteiger partial charge in [0.25, 0.3) is 5.79 Å². The fraction of sp³-hybridized carbons (Fsp3) is 0.250. The number of carbonyl (C=O) groups is 2. The summed E-state index contributed by atoms with van der Waals surface area (Å²) in [5, 5.41) is 1.16. The summed E-state index contributed by atoms with van der Waals surface area (Å²) in [5.41, 5.74) is 0.558. The first-order chi connectivity index (χ1) is 17.1. The van der Waals surface area contributed by atoms with Crippen LogP contribution in [0.4, 0.5) is 5.69 Å². The highest BCUT2D eigenvalue weighted by Crippen LogP contribution is 2.27. The number of para-hydroxylation sites is 2. The summed E-state index contributed by atoms with van der Waals surface area (Å²) in [7, 11) is -6.75. The molecule has 0 radical (unpaired) electrons. The summed E-state index contributed by atoms with van der Waals surface area (Å²) in [6, 6.07) is 12.6. The van der Waals surface area contributed by atoms with Crippen LogP contribution in [0, 0.1) is 5.92 Å². The van der Waals surface area contributed by atoms with Gasteiger partial charge in [0.15, 0.2) is 25.6 Å². The van der Waals surface area contributed by atoms with Gasteiger partial charge in [0, 0.05) is 44.2 Å². The van der Waals surface area contributed by atoms with Gasteiger partial charge in [-0.3, -0.25) is 19.6 Å². The lowest BCUT2D eigenvalue weighted by Gasteiger charge is -2.31. The third kappa shape index (κ3) is 6.90. The first-order valence-electron chi connectivity index (χ1n) is 10.6. The molecule has 1 aliphatic rings. The van der Waals surface area contributed by atoms with Crippen LogP contribution in [-0.2, 0) is 38.7 Å². The van der Waals surface area contributed by atoms with Crippen molar-refractivity contribution < 1.29 is 35.9 Å². The molecule has 0 saturated carbocycles. The zero-order chi connectivity index (χ0) is 27.6. The van der Waals surface area contributed by atoms with Gasteiger partial charge in [-0.2, -0.15) is 0 Å². The van der Waals surface area contributed by atoms with Crippen LogP contribution in [0.15, 0.2) is 69.5 Å². The molecule has 3 aromatic rings. The number of hydrogen-bond donors (Lipinski definition) is 0. The van der Waals surface area contributed by atoms with E-state index >= 15 is 0 Å². The number of aliphatic imine (C=N–C) groups is 1. The first kappa shape index (κ1) is 28.2. The number of hydrogen-bond acceptors (Lipinski definition) is 10. The van der Waals surface area contributed by atoms with E-state index in [-0.39, 0.29) is 15.5 Å². The minimum Gasteiger partial charge on any atom is -0.422 e. The molecule has 196 valence electrons. The molecule has 0 spiro atoms. The maximum atomic E-state index is 11.8. The van der Waals surface area contributed by atoms with Crippen molar-refractivity contribution in [3.05, 3.63) is 59.8 Å². The molecule has 4 rings (SSSR count). The number of benzene rings is 2. The second-order valence-corrected chi connectivity index (χ2v) is 12.8. The normalized spacial score (nSPS) is 16.1. The Morgan fingerprint density at radius 3 is 2.05 bits per heavy atom. The lowest BCUT2D eigenvalue weighted by Crippen LogP contribution is -2.46. The van der Waals surface area contributed by atoms with Crippen molar-refractivity contribution >= 4 is 66.0 Å². The Kier molecular flexibility index (Phi) is 8.06. The third-order valence-electron chi connectivity index (χ3n) is 4.91. The van der Waals surface area contributed by atoms with Gasteiger partial charge in [-0.1, -0.05) is 35.9 Å². The van der Waals surface area contributed by atoms with Gasteiger partial charge in [-0.15, -0.1) is 0 Å². The molecule has 0 atom stereocenters. The zero-order valence-electron chi connectivity index (χ0n) is 20.2. The highest BCUT2D eigenvalue weighted by Gasteiger charge is 2.42. The standard InChI is InChI=1S/C14H15NO6S.C10H8ClNO2S/c1-14(2)20-12(16)9(13(17)21-14)8-15-10-6-4-5-7-11(10)22(3,18)19;1-15(13,14)9-4-2-3-7-8(11)5-6-12-10(7)9/h4-9H,1-3H3;2-6H,1H3. The summed E-state index contributed by atoms with van der Waals surface area (Å²) < 4.78 is 56.2. The number of carbonyl (C=O) groups excluding carboxylic acids is 2. The largest absolute Gasteiger partial charge is 0.422 e. The fourth-order valence-electron chi connectivity index (χ4n) is 3.30. The van der Waals surface area contributed by atoms with E-state index < -0.39 is 43.3 Å². The highest BCUT2D eigenvalue weighted by molar-refractivity contribution is 7.91. The predicted octanol–water partition coefficient (Wildman–Crippen LogP) is 3.54. The molecule has 0 aliphatic carbocycles. The molecule has 0 amide bonds. The zero-order valence-corrected chi connectivity index (χ0v) is 22.6. The van der Waals surface area contributed by atoms with Crippen LogP contribution in [0.25, 0.3) is 10.9 Å². The highest BCUT2D eigenvalue weighted by atomic mass is 35.5. The average Bonchev–Trinajstić information content (AvgIpc) is 2.77. The van der Waals surface area contributed by atoms with Crippen molar-refractivity contribution in [2.45, 2.75) is 29.4 Å². The minimum absolute atomic E-state index is 0.00382. The Bertz CT molecular complexity index is 1600. The van der Waals surface area contributed by atoms with Gasteiger partial charge in [0.2, 0.25) is 0 Å². The van der Waals surface area contributed by atoms with Crippen molar-refractivity contribution in [1.82, 2.24) is 4.98 Å². The number of aromatic nitrogens is 1. The van der Waals surface area contributed by atoms with E-state index in [2.05, 4.69) is 9.98 Å². The maximum absolute atomic E-state index is 11.8. The molecule has 13 heteroatoms. The van der Waals surface area contributed by atoms with Crippen molar-refractivity contribution in [2.24, 2.45) is 10.9 Å². The topological polar surface area (TPSA) is 146 Å². The molecule has 1 saturated heterocycles. The third-order valence-corrected chi connectivity index (χ3v) is 7.51. The van der Waals surface area contributed by atoms with E-state index in [1.165, 1.54) is 38.2 Å². The molecule has 2 heterocycles. The minimum atomic E-state index is -3.48. The van der Waals surface area contributed by atoms with Crippen LogP contribution in [0.1, 0.15) is 13.8 Å². The van der Waals surface area contributed by atoms with Crippen molar-refractivity contribution in [1.29, 1.82) is 0 Å². The molecule has 1 fully saturated rings. The summed E-state index contributed by atoms with van der Waals surface area (Å²) in [4.78, 5) is 31.8. The SMILES string of the molecule is CC1(C)OC(=O)C(C=Nc2ccccc2S(C)(=O)=O)C(=O)O1.CS(=O)(=O)c1cccc2c(Cl)ccnc12. The number of pyridine rings is 1. The number of halogens is 1. The van der Waals surface area contributed by atoms with Crippen LogP contribution in [0.5, 0.6) is 0 Å². The van der Waals surface area contributed by atoms with Crippen molar-refractivity contribution in [3.8, 4) is 0 Å². The number of fused-ring (bicyclic) bond motifs is 1. The number of nitrogens with zero attached hydrogens (tertiary/aromatic N) is 2. The van der Waals surface area contributed by atoms with Crippen LogP contribution >= 0.6 is 11.6 Å². The van der Waals surface area contributed by atoms with E-state index in [0.717, 1.165) is 18.7 Å². The summed E-state index contributed by atoms with van der Waals surface area (Å²) in [6.07, 6.45) is 4.74. The number of cyclic esters (lactones) is 2. The summed E-state index contributed by atoms with van der Waals surface area (Å²) >= 11 is 5.94. The van der Waals surface area contributed by atoms with Gasteiger partial charge in [-0.05, 0) is 24.3 Å². The van der Waals surface area contributed by atoms with E-state index in [0.29, 0.717) is 15.9 Å². The fourth-order valence-corrected chi connectivity index (χ4v) is 5.17. The summed E-state index contributed by atoms with van der Waals surface area (Å²) in [6.45, 7) is 2.88. The quantitative estimate of drug-likeness (QED) is 0.263. The van der Waals surface area contributed by atoms with Gasteiger partial charge < -0.3 is 9.47 Å². The lowest BCUT2D eigenvalue weighted by atomic mass is 10.1. The molecule has 1 aliphatic heterocycles. The van der Waals surface area contributed by atoms with Gasteiger partial charge >= 0.3 is 11.9 Å². The average molecular weight is 567 g/mol. The molecular formula is C24H23ClN2O8S2. The Morgan fingerprint density at radius 2 is 1.46 bits per heavy atom. The molecular weight excluding hydrogens is 544 g/mol. The molecule has 1 aromatic heterocycles. The molecule has 0 bridgehead atoms. The van der Waals surface area contributed by atoms with Crippen molar-refractivity contribution in [2.75, 3.05) is 12.5 Å². The van der Waals surface area contributed by atoms with Gasteiger partial charge in [0.1, 0.15) is 0 Å². The Labute approximate surface area is 219 Å². The number of rotatable bonds is 4. The molecule has 10 nitrogen and oxygen atoms in total. The van der Waals surface area contributed by atoms with E-state index in [1.807, 2.05) is 0 Å². The molecule has 0 N–H and O–H groups in total. The van der Waals surface area contributed by atoms with E-state index in [4.69, 9.17) is 21.1 Å². The lowest BCUT2D eigenvalue weighted by molar-refractivity contribution is -0.235. The van der Waals surface area contributed by atoms with Gasteiger partial charge in [-0.25, -0.2) is 16.8 Å². The van der Waals surface area contributed by atoms with Crippen LogP contribution in [0.2, 0.25) is 5.02 Å². The smallest absolute Gasteiger partial charge is 0.329 e. The Morgan fingerprint density at radius 1 is 0.892 bits per heavy atom.